The molecule has 2 aromatic rings. The molecule has 4 heterocycles. The zero-order valence-corrected chi connectivity index (χ0v) is 13.2. The van der Waals surface area contributed by atoms with Gasteiger partial charge in [0.2, 0.25) is 11.6 Å². The van der Waals surface area contributed by atoms with E-state index in [1.807, 2.05) is 22.4 Å². The second-order valence-electron chi connectivity index (χ2n) is 6.06. The first kappa shape index (κ1) is 14.4. The molecule has 2 aliphatic rings. The van der Waals surface area contributed by atoms with Crippen molar-refractivity contribution < 1.29 is 9.53 Å². The van der Waals surface area contributed by atoms with Gasteiger partial charge in [-0.25, -0.2) is 4.98 Å². The van der Waals surface area contributed by atoms with Crippen molar-refractivity contribution in [1.82, 2.24) is 24.5 Å². The van der Waals surface area contributed by atoms with E-state index in [1.165, 1.54) is 0 Å². The van der Waals surface area contributed by atoms with E-state index < -0.39 is 0 Å². The van der Waals surface area contributed by atoms with Crippen LogP contribution in [-0.2, 0) is 9.53 Å². The van der Waals surface area contributed by atoms with E-state index in [4.69, 9.17) is 4.74 Å². The van der Waals surface area contributed by atoms with Crippen LogP contribution in [0, 0.1) is 12.8 Å². The highest BCUT2D eigenvalue weighted by Crippen LogP contribution is 2.21. The van der Waals surface area contributed by atoms with Crippen molar-refractivity contribution in [3.63, 3.8) is 0 Å². The van der Waals surface area contributed by atoms with E-state index >= 15 is 0 Å². The monoisotopic (exact) mass is 316 g/mol. The number of anilines is 1. The van der Waals surface area contributed by atoms with E-state index in [-0.39, 0.29) is 11.8 Å². The van der Waals surface area contributed by atoms with E-state index in [2.05, 4.69) is 20.1 Å². The van der Waals surface area contributed by atoms with Gasteiger partial charge in [0.15, 0.2) is 5.82 Å². The molecule has 0 N–H and O–H groups in total. The third-order valence-electron chi connectivity index (χ3n) is 4.65. The minimum atomic E-state index is 0.0438. The van der Waals surface area contributed by atoms with Gasteiger partial charge < -0.3 is 14.5 Å². The standard InChI is InChI=1S/C15H20N6O2/c1-11-17-18-14-13(16-3-4-21(11)14)19-5-7-20(8-6-19)15(22)12-2-9-23-10-12/h3-4,12H,2,5-10H2,1H3/t12-/m0/s1. The summed E-state index contributed by atoms with van der Waals surface area (Å²) >= 11 is 0. The first-order valence-electron chi connectivity index (χ1n) is 8.02. The molecule has 0 spiro atoms. The maximum absolute atomic E-state index is 12.4. The van der Waals surface area contributed by atoms with Gasteiger partial charge in [-0.2, -0.15) is 0 Å². The molecule has 23 heavy (non-hydrogen) atoms. The van der Waals surface area contributed by atoms with Gasteiger partial charge >= 0.3 is 0 Å². The fourth-order valence-electron chi connectivity index (χ4n) is 3.28. The number of hydrogen-bond acceptors (Lipinski definition) is 6. The summed E-state index contributed by atoms with van der Waals surface area (Å²) < 4.78 is 7.26. The zero-order chi connectivity index (χ0) is 15.8. The van der Waals surface area contributed by atoms with Crippen molar-refractivity contribution in [2.75, 3.05) is 44.3 Å². The molecule has 0 unspecified atom stereocenters. The Morgan fingerprint density at radius 3 is 2.83 bits per heavy atom. The van der Waals surface area contributed by atoms with Crippen molar-refractivity contribution >= 4 is 17.4 Å². The largest absolute Gasteiger partial charge is 0.381 e. The number of aromatic nitrogens is 4. The van der Waals surface area contributed by atoms with Crippen LogP contribution in [-0.4, -0.2) is 69.8 Å². The molecule has 0 aromatic carbocycles. The van der Waals surface area contributed by atoms with Gasteiger partial charge in [-0.3, -0.25) is 9.20 Å². The molecular weight excluding hydrogens is 296 g/mol. The van der Waals surface area contributed by atoms with Crippen LogP contribution in [0.2, 0.25) is 0 Å². The number of amides is 1. The molecule has 2 aliphatic heterocycles. The molecule has 1 amide bonds. The Kier molecular flexibility index (Phi) is 3.60. The number of ether oxygens (including phenoxy) is 1. The molecule has 4 rings (SSSR count). The smallest absolute Gasteiger partial charge is 0.228 e. The van der Waals surface area contributed by atoms with Gasteiger partial charge in [0.05, 0.1) is 12.5 Å². The molecule has 8 heteroatoms. The highest BCUT2D eigenvalue weighted by Gasteiger charge is 2.30. The number of nitrogens with zero attached hydrogens (tertiary/aromatic N) is 6. The lowest BCUT2D eigenvalue weighted by atomic mass is 10.1. The van der Waals surface area contributed by atoms with Crippen molar-refractivity contribution in [2.24, 2.45) is 5.92 Å². The molecule has 0 aliphatic carbocycles. The molecule has 8 nitrogen and oxygen atoms in total. The lowest BCUT2D eigenvalue weighted by molar-refractivity contribution is -0.135. The fourth-order valence-corrected chi connectivity index (χ4v) is 3.28. The van der Waals surface area contributed by atoms with Crippen molar-refractivity contribution in [1.29, 1.82) is 0 Å². The first-order valence-corrected chi connectivity index (χ1v) is 8.02. The number of piperazine rings is 1. The van der Waals surface area contributed by atoms with Crippen LogP contribution in [0.3, 0.4) is 0 Å². The summed E-state index contributed by atoms with van der Waals surface area (Å²) in [5.74, 6) is 1.96. The summed E-state index contributed by atoms with van der Waals surface area (Å²) in [6.07, 6.45) is 4.49. The summed E-state index contributed by atoms with van der Waals surface area (Å²) in [7, 11) is 0. The maximum atomic E-state index is 12.4. The lowest BCUT2D eigenvalue weighted by Gasteiger charge is -2.36. The minimum Gasteiger partial charge on any atom is -0.381 e. The van der Waals surface area contributed by atoms with Crippen LogP contribution in [0.15, 0.2) is 12.4 Å². The maximum Gasteiger partial charge on any atom is 0.228 e. The lowest BCUT2D eigenvalue weighted by Crippen LogP contribution is -2.50. The SMILES string of the molecule is Cc1nnc2c(N3CCN(C(=O)[C@H]4CCOC4)CC3)nccn12. The third kappa shape index (κ3) is 2.52. The molecule has 0 radical (unpaired) electrons. The highest BCUT2D eigenvalue weighted by molar-refractivity contribution is 5.79. The summed E-state index contributed by atoms with van der Waals surface area (Å²) in [5, 5.41) is 8.34. The molecule has 2 saturated heterocycles. The van der Waals surface area contributed by atoms with Crippen molar-refractivity contribution in [2.45, 2.75) is 13.3 Å². The second-order valence-corrected chi connectivity index (χ2v) is 6.06. The number of carbonyl (C=O) groups is 1. The summed E-state index contributed by atoms with van der Waals surface area (Å²) in [6, 6.07) is 0. The average Bonchev–Trinajstić information content (AvgIpc) is 3.25. The molecule has 2 aromatic heterocycles. The van der Waals surface area contributed by atoms with Crippen molar-refractivity contribution in [3.8, 4) is 0 Å². The van der Waals surface area contributed by atoms with Crippen LogP contribution < -0.4 is 4.90 Å². The Morgan fingerprint density at radius 2 is 2.09 bits per heavy atom. The number of hydrogen-bond donors (Lipinski definition) is 0. The quantitative estimate of drug-likeness (QED) is 0.783. The van der Waals surface area contributed by atoms with Crippen LogP contribution in [0.5, 0.6) is 0 Å². The number of aryl methyl sites for hydroxylation is 1. The van der Waals surface area contributed by atoms with Gasteiger partial charge in [0.1, 0.15) is 5.82 Å². The Labute approximate surface area is 134 Å². The van der Waals surface area contributed by atoms with E-state index in [0.717, 1.165) is 36.8 Å². The highest BCUT2D eigenvalue weighted by atomic mass is 16.5. The van der Waals surface area contributed by atoms with Gasteiger partial charge in [0.25, 0.3) is 0 Å². The van der Waals surface area contributed by atoms with Crippen LogP contribution >= 0.6 is 0 Å². The summed E-state index contributed by atoms with van der Waals surface area (Å²) in [4.78, 5) is 21.0. The van der Waals surface area contributed by atoms with E-state index in [1.54, 1.807) is 6.20 Å². The summed E-state index contributed by atoms with van der Waals surface area (Å²) in [5.41, 5.74) is 0.772. The van der Waals surface area contributed by atoms with Gasteiger partial charge in [-0.05, 0) is 13.3 Å². The Bertz CT molecular complexity index is 716. The number of carbonyl (C=O) groups excluding carboxylic acids is 1. The Hall–Kier alpha value is -2.22. The number of rotatable bonds is 2. The molecule has 1 atom stereocenters. The topological polar surface area (TPSA) is 75.9 Å². The molecule has 2 fully saturated rings. The predicted molar refractivity (Wildman–Crippen MR) is 83.2 cm³/mol. The van der Waals surface area contributed by atoms with Gasteiger partial charge in [0, 0.05) is 45.2 Å². The van der Waals surface area contributed by atoms with E-state index in [0.29, 0.717) is 26.3 Å². The van der Waals surface area contributed by atoms with Crippen LogP contribution in [0.1, 0.15) is 12.2 Å². The van der Waals surface area contributed by atoms with Crippen molar-refractivity contribution in [3.05, 3.63) is 18.2 Å². The Morgan fingerprint density at radius 1 is 1.26 bits per heavy atom. The van der Waals surface area contributed by atoms with Gasteiger partial charge in [-0.15, -0.1) is 10.2 Å². The normalized spacial score (nSPS) is 22.0. The predicted octanol–water partition coefficient (Wildman–Crippen LogP) is 0.118. The second kappa shape index (κ2) is 5.77. The minimum absolute atomic E-state index is 0.0438. The van der Waals surface area contributed by atoms with Crippen LogP contribution in [0.25, 0.3) is 5.65 Å². The van der Waals surface area contributed by atoms with E-state index in [9.17, 15) is 4.79 Å². The molecular formula is C15H20N6O2. The molecule has 0 bridgehead atoms. The van der Waals surface area contributed by atoms with Crippen LogP contribution in [0.4, 0.5) is 5.82 Å². The fraction of sp³-hybridized carbons (Fsp3) is 0.600. The molecule has 0 saturated carbocycles. The Balaban J connectivity index is 1.47. The van der Waals surface area contributed by atoms with Gasteiger partial charge in [-0.1, -0.05) is 0 Å². The third-order valence-corrected chi connectivity index (χ3v) is 4.65. The summed E-state index contributed by atoms with van der Waals surface area (Å²) in [6.45, 7) is 6.14. The molecule has 122 valence electrons. The number of fused-ring (bicyclic) bond motifs is 1. The average molecular weight is 316 g/mol. The first-order chi connectivity index (χ1) is 11.2. The zero-order valence-electron chi connectivity index (χ0n) is 13.2.